The van der Waals surface area contributed by atoms with Crippen LogP contribution in [0.5, 0.6) is 11.5 Å². The fraction of sp³-hybridized carbons (Fsp3) is 0.450. The number of hydrogen-bond acceptors (Lipinski definition) is 7. The van der Waals surface area contributed by atoms with Gasteiger partial charge in [0.2, 0.25) is 0 Å². The Bertz CT molecular complexity index is 809. The molecular weight excluding hydrogens is 382 g/mol. The summed E-state index contributed by atoms with van der Waals surface area (Å²) < 4.78 is 16.4. The highest BCUT2D eigenvalue weighted by Gasteiger charge is 2.37. The second kappa shape index (κ2) is 8.68. The van der Waals surface area contributed by atoms with Crippen LogP contribution in [0, 0.1) is 0 Å². The van der Waals surface area contributed by atoms with E-state index in [2.05, 4.69) is 0 Å². The number of carbonyl (C=O) groups excluding carboxylic acids is 3. The molecule has 7 nitrogen and oxygen atoms in total. The molecule has 1 saturated heterocycles. The topological polar surface area (TPSA) is 82.1 Å². The number of amides is 2. The Morgan fingerprint density at radius 1 is 1.25 bits per heavy atom. The average molecular weight is 407 g/mol. The number of methoxy groups -OCH3 is 1. The van der Waals surface area contributed by atoms with Crippen LogP contribution < -0.4 is 9.47 Å². The number of ether oxygens (including phenoxy) is 3. The molecule has 0 bridgehead atoms. The molecule has 0 radical (unpaired) electrons. The Labute approximate surface area is 169 Å². The molecule has 0 saturated carbocycles. The standard InChI is InChI=1S/C20H25NO6S/c1-12(2)26-17-13(8-7-9-14(17)25-6)10-15-18(23)21(19(24)28-15)11-16(22)27-20(3,4)5/h7-10,12H,11H2,1-6H3/b15-10+. The predicted octanol–water partition coefficient (Wildman–Crippen LogP) is 3.86. The lowest BCUT2D eigenvalue weighted by molar-refractivity contribution is -0.156. The lowest BCUT2D eigenvalue weighted by atomic mass is 10.1. The van der Waals surface area contributed by atoms with Crippen LogP contribution in [0.15, 0.2) is 23.1 Å². The maximum atomic E-state index is 12.6. The van der Waals surface area contributed by atoms with E-state index in [0.29, 0.717) is 17.1 Å². The van der Waals surface area contributed by atoms with Crippen molar-refractivity contribution in [3.63, 3.8) is 0 Å². The van der Waals surface area contributed by atoms with Gasteiger partial charge in [-0.05, 0) is 58.5 Å². The van der Waals surface area contributed by atoms with E-state index in [4.69, 9.17) is 14.2 Å². The van der Waals surface area contributed by atoms with Gasteiger partial charge in [0.05, 0.1) is 18.1 Å². The number of benzene rings is 1. The molecule has 8 heteroatoms. The lowest BCUT2D eigenvalue weighted by Gasteiger charge is -2.21. The van der Waals surface area contributed by atoms with Crippen LogP contribution >= 0.6 is 11.8 Å². The number of carbonyl (C=O) groups is 3. The lowest BCUT2D eigenvalue weighted by Crippen LogP contribution is -2.37. The Balaban J connectivity index is 2.28. The van der Waals surface area contributed by atoms with Crippen molar-refractivity contribution in [2.75, 3.05) is 13.7 Å². The molecular formula is C20H25NO6S. The van der Waals surface area contributed by atoms with Crippen molar-refractivity contribution in [2.45, 2.75) is 46.3 Å². The SMILES string of the molecule is COc1cccc(/C=C2/SC(=O)N(CC(=O)OC(C)(C)C)C2=O)c1OC(C)C. The minimum absolute atomic E-state index is 0.106. The van der Waals surface area contributed by atoms with E-state index in [1.165, 1.54) is 7.11 Å². The molecule has 1 heterocycles. The van der Waals surface area contributed by atoms with Crippen LogP contribution in [0.1, 0.15) is 40.2 Å². The third-order valence-electron chi connectivity index (χ3n) is 3.45. The summed E-state index contributed by atoms with van der Waals surface area (Å²) in [4.78, 5) is 38.0. The molecule has 1 aromatic rings. The van der Waals surface area contributed by atoms with Crippen molar-refractivity contribution in [2.24, 2.45) is 0 Å². The fourth-order valence-electron chi connectivity index (χ4n) is 2.45. The maximum Gasteiger partial charge on any atom is 0.326 e. The van der Waals surface area contributed by atoms with Crippen molar-refractivity contribution in [3.05, 3.63) is 28.7 Å². The largest absolute Gasteiger partial charge is 0.493 e. The van der Waals surface area contributed by atoms with E-state index >= 15 is 0 Å². The van der Waals surface area contributed by atoms with Gasteiger partial charge in [0.25, 0.3) is 11.1 Å². The van der Waals surface area contributed by atoms with Crippen molar-refractivity contribution in [1.29, 1.82) is 0 Å². The number of imide groups is 1. The highest BCUT2D eigenvalue weighted by Crippen LogP contribution is 2.37. The Morgan fingerprint density at radius 3 is 2.50 bits per heavy atom. The Kier molecular flexibility index (Phi) is 6.77. The number of nitrogens with zero attached hydrogens (tertiary/aromatic N) is 1. The smallest absolute Gasteiger partial charge is 0.326 e. The third-order valence-corrected chi connectivity index (χ3v) is 4.36. The van der Waals surface area contributed by atoms with Gasteiger partial charge >= 0.3 is 5.97 Å². The van der Waals surface area contributed by atoms with Gasteiger partial charge in [0.15, 0.2) is 11.5 Å². The van der Waals surface area contributed by atoms with Crippen LogP contribution in [0.4, 0.5) is 4.79 Å². The Morgan fingerprint density at radius 2 is 1.93 bits per heavy atom. The summed E-state index contributed by atoms with van der Waals surface area (Å²) in [5.74, 6) is -0.171. The van der Waals surface area contributed by atoms with Gasteiger partial charge in [-0.15, -0.1) is 0 Å². The van der Waals surface area contributed by atoms with E-state index in [-0.39, 0.29) is 11.0 Å². The molecule has 1 aliphatic heterocycles. The summed E-state index contributed by atoms with van der Waals surface area (Å²) in [6, 6.07) is 5.29. The van der Waals surface area contributed by atoms with Crippen LogP contribution in [-0.4, -0.2) is 47.4 Å². The van der Waals surface area contributed by atoms with Gasteiger partial charge in [0.1, 0.15) is 12.1 Å². The molecule has 0 unspecified atom stereocenters. The predicted molar refractivity (Wildman–Crippen MR) is 107 cm³/mol. The molecule has 2 rings (SSSR count). The van der Waals surface area contributed by atoms with Gasteiger partial charge in [0, 0.05) is 5.56 Å². The van der Waals surface area contributed by atoms with Crippen LogP contribution in [0.25, 0.3) is 6.08 Å². The number of thioether (sulfide) groups is 1. The van der Waals surface area contributed by atoms with Gasteiger partial charge < -0.3 is 14.2 Å². The van der Waals surface area contributed by atoms with Crippen LogP contribution in [-0.2, 0) is 14.3 Å². The van der Waals surface area contributed by atoms with Crippen molar-refractivity contribution < 1.29 is 28.6 Å². The Hall–Kier alpha value is -2.48. The zero-order valence-corrected chi connectivity index (χ0v) is 17.7. The first-order chi connectivity index (χ1) is 13.0. The average Bonchev–Trinajstić information content (AvgIpc) is 2.81. The minimum Gasteiger partial charge on any atom is -0.493 e. The summed E-state index contributed by atoms with van der Waals surface area (Å²) >= 11 is 0.772. The highest BCUT2D eigenvalue weighted by atomic mass is 32.2. The number of esters is 1. The second-order valence-electron chi connectivity index (χ2n) is 7.40. The molecule has 0 atom stereocenters. The van der Waals surface area contributed by atoms with Gasteiger partial charge in [-0.3, -0.25) is 19.3 Å². The van der Waals surface area contributed by atoms with E-state index < -0.39 is 29.3 Å². The van der Waals surface area contributed by atoms with Crippen LogP contribution in [0.3, 0.4) is 0 Å². The van der Waals surface area contributed by atoms with Crippen molar-refractivity contribution >= 4 is 35.0 Å². The minimum atomic E-state index is -0.696. The molecule has 1 fully saturated rings. The van der Waals surface area contributed by atoms with Crippen molar-refractivity contribution in [3.8, 4) is 11.5 Å². The fourth-order valence-corrected chi connectivity index (χ4v) is 3.28. The summed E-state index contributed by atoms with van der Waals surface area (Å²) in [6.45, 7) is 8.50. The number of para-hydroxylation sites is 1. The van der Waals surface area contributed by atoms with Crippen LogP contribution in [0.2, 0.25) is 0 Å². The molecule has 0 aliphatic carbocycles. The number of rotatable bonds is 6. The van der Waals surface area contributed by atoms with Crippen molar-refractivity contribution in [1.82, 2.24) is 4.90 Å². The molecule has 0 aromatic heterocycles. The molecule has 0 spiro atoms. The maximum absolute atomic E-state index is 12.6. The zero-order valence-electron chi connectivity index (χ0n) is 16.9. The quantitative estimate of drug-likeness (QED) is 0.523. The summed E-state index contributed by atoms with van der Waals surface area (Å²) in [5.41, 5.74) is -0.0888. The van der Waals surface area contributed by atoms with E-state index in [0.717, 1.165) is 16.7 Å². The first-order valence-electron chi connectivity index (χ1n) is 8.82. The summed E-state index contributed by atoms with van der Waals surface area (Å²) in [7, 11) is 1.53. The summed E-state index contributed by atoms with van der Waals surface area (Å²) in [5, 5.41) is -0.517. The normalized spacial score (nSPS) is 16.1. The molecule has 152 valence electrons. The molecule has 28 heavy (non-hydrogen) atoms. The second-order valence-corrected chi connectivity index (χ2v) is 8.39. The van der Waals surface area contributed by atoms with E-state index in [9.17, 15) is 14.4 Å². The highest BCUT2D eigenvalue weighted by molar-refractivity contribution is 8.18. The monoisotopic (exact) mass is 407 g/mol. The first kappa shape index (κ1) is 21.8. The number of hydrogen-bond donors (Lipinski definition) is 0. The molecule has 0 N–H and O–H groups in total. The van der Waals surface area contributed by atoms with E-state index in [1.54, 1.807) is 45.0 Å². The van der Waals surface area contributed by atoms with Gasteiger partial charge in [-0.2, -0.15) is 0 Å². The molecule has 2 amide bonds. The summed E-state index contributed by atoms with van der Waals surface area (Å²) in [6.07, 6.45) is 1.46. The van der Waals surface area contributed by atoms with E-state index in [1.807, 2.05) is 13.8 Å². The molecule has 1 aromatic carbocycles. The zero-order chi connectivity index (χ0) is 21.1. The van der Waals surface area contributed by atoms with Gasteiger partial charge in [-0.25, -0.2) is 0 Å². The first-order valence-corrected chi connectivity index (χ1v) is 9.64. The van der Waals surface area contributed by atoms with Gasteiger partial charge in [-0.1, -0.05) is 12.1 Å². The third kappa shape index (κ3) is 5.51. The molecule has 1 aliphatic rings.